The number of hydrogen-bond acceptors (Lipinski definition) is 3. The Morgan fingerprint density at radius 2 is 1.90 bits per heavy atom. The van der Waals surface area contributed by atoms with Crippen molar-refractivity contribution in [2.45, 2.75) is 31.6 Å². The Morgan fingerprint density at radius 3 is 2.68 bits per heavy atom. The molecular formula is C26H27FN2O2. The van der Waals surface area contributed by atoms with Gasteiger partial charge in [-0.3, -0.25) is 9.78 Å². The standard InChI is InChI=1S/C26H27FN2O2/c1-31-21-14-11-19(12-15-21)13-16-26(30)29-17-5-6-20(18-29)24-9-4-10-25(28-24)22-7-2-3-8-23(22)27/h2-4,7-12,14-15,20H,5-6,13,16-18H2,1H3/t20-/m1/s1. The van der Waals surface area contributed by atoms with Crippen LogP contribution in [0.1, 0.15) is 36.4 Å². The Morgan fingerprint density at radius 1 is 1.10 bits per heavy atom. The van der Waals surface area contributed by atoms with Gasteiger partial charge in [0.25, 0.3) is 0 Å². The Labute approximate surface area is 182 Å². The van der Waals surface area contributed by atoms with E-state index in [0.717, 1.165) is 36.4 Å². The van der Waals surface area contributed by atoms with Gasteiger partial charge in [0.05, 0.1) is 12.8 Å². The maximum Gasteiger partial charge on any atom is 0.222 e. The highest BCUT2D eigenvalue weighted by Crippen LogP contribution is 2.29. The topological polar surface area (TPSA) is 42.4 Å². The average molecular weight is 419 g/mol. The van der Waals surface area contributed by atoms with Crippen molar-refractivity contribution in [1.29, 1.82) is 0 Å². The van der Waals surface area contributed by atoms with Crippen molar-refractivity contribution in [3.05, 3.63) is 83.8 Å². The molecule has 0 bridgehead atoms. The molecule has 1 aliphatic heterocycles. The molecule has 2 aromatic carbocycles. The van der Waals surface area contributed by atoms with Gasteiger partial charge in [-0.1, -0.05) is 30.3 Å². The zero-order valence-corrected chi connectivity index (χ0v) is 17.8. The molecule has 1 saturated heterocycles. The summed E-state index contributed by atoms with van der Waals surface area (Å²) in [6.45, 7) is 1.44. The molecule has 0 N–H and O–H groups in total. The molecule has 2 heterocycles. The molecule has 0 radical (unpaired) electrons. The number of nitrogens with zero attached hydrogens (tertiary/aromatic N) is 2. The number of carbonyl (C=O) groups excluding carboxylic acids is 1. The molecule has 0 unspecified atom stereocenters. The summed E-state index contributed by atoms with van der Waals surface area (Å²) in [5, 5.41) is 0. The monoisotopic (exact) mass is 418 g/mol. The van der Waals surface area contributed by atoms with E-state index in [-0.39, 0.29) is 17.6 Å². The summed E-state index contributed by atoms with van der Waals surface area (Å²) in [5.74, 6) is 0.890. The Balaban J connectivity index is 1.40. The summed E-state index contributed by atoms with van der Waals surface area (Å²) in [5.41, 5.74) is 3.20. The van der Waals surface area contributed by atoms with Crippen molar-refractivity contribution in [3.63, 3.8) is 0 Å². The fourth-order valence-corrected chi connectivity index (χ4v) is 4.14. The third kappa shape index (κ3) is 5.10. The van der Waals surface area contributed by atoms with E-state index in [0.29, 0.717) is 30.6 Å². The molecule has 5 heteroatoms. The van der Waals surface area contributed by atoms with Crippen molar-refractivity contribution in [1.82, 2.24) is 9.88 Å². The molecule has 4 rings (SSSR count). The predicted octanol–water partition coefficient (Wildman–Crippen LogP) is 5.24. The Kier molecular flexibility index (Phi) is 6.60. The fraction of sp³-hybridized carbons (Fsp3) is 0.308. The first-order valence-electron chi connectivity index (χ1n) is 10.8. The number of pyridine rings is 1. The molecule has 1 amide bonds. The molecule has 0 spiro atoms. The highest BCUT2D eigenvalue weighted by Gasteiger charge is 2.25. The number of hydrogen-bond donors (Lipinski definition) is 0. The van der Waals surface area contributed by atoms with E-state index in [9.17, 15) is 9.18 Å². The van der Waals surface area contributed by atoms with Gasteiger partial charge in [0.2, 0.25) is 5.91 Å². The first-order valence-corrected chi connectivity index (χ1v) is 10.8. The van der Waals surface area contributed by atoms with Crippen LogP contribution in [0.15, 0.2) is 66.7 Å². The van der Waals surface area contributed by atoms with Crippen LogP contribution in [0.3, 0.4) is 0 Å². The van der Waals surface area contributed by atoms with Crippen LogP contribution in [0.5, 0.6) is 5.75 Å². The van der Waals surface area contributed by atoms with E-state index in [1.54, 1.807) is 19.2 Å². The highest BCUT2D eigenvalue weighted by atomic mass is 19.1. The van der Waals surface area contributed by atoms with Crippen LogP contribution in [0.2, 0.25) is 0 Å². The number of methoxy groups -OCH3 is 1. The lowest BCUT2D eigenvalue weighted by Gasteiger charge is -2.32. The molecule has 31 heavy (non-hydrogen) atoms. The van der Waals surface area contributed by atoms with Crippen LogP contribution >= 0.6 is 0 Å². The predicted molar refractivity (Wildman–Crippen MR) is 120 cm³/mol. The zero-order valence-electron chi connectivity index (χ0n) is 17.8. The van der Waals surface area contributed by atoms with Gasteiger partial charge in [-0.05, 0) is 61.2 Å². The van der Waals surface area contributed by atoms with Crippen molar-refractivity contribution >= 4 is 5.91 Å². The van der Waals surface area contributed by atoms with E-state index in [2.05, 4.69) is 0 Å². The molecular weight excluding hydrogens is 391 g/mol. The number of likely N-dealkylation sites (tertiary alicyclic amines) is 1. The van der Waals surface area contributed by atoms with Gasteiger partial charge in [-0.2, -0.15) is 0 Å². The van der Waals surface area contributed by atoms with Gasteiger partial charge in [0.1, 0.15) is 11.6 Å². The summed E-state index contributed by atoms with van der Waals surface area (Å²) in [7, 11) is 1.65. The molecule has 1 atom stereocenters. The lowest BCUT2D eigenvalue weighted by Crippen LogP contribution is -2.39. The first-order chi connectivity index (χ1) is 15.1. The molecule has 0 aliphatic carbocycles. The van der Waals surface area contributed by atoms with E-state index >= 15 is 0 Å². The number of rotatable bonds is 6. The van der Waals surface area contributed by atoms with E-state index in [1.165, 1.54) is 6.07 Å². The normalized spacial score (nSPS) is 16.2. The summed E-state index contributed by atoms with van der Waals surface area (Å²) >= 11 is 0. The number of aromatic nitrogens is 1. The third-order valence-corrected chi connectivity index (χ3v) is 5.90. The second kappa shape index (κ2) is 9.73. The van der Waals surface area contributed by atoms with Crippen molar-refractivity contribution in [2.24, 2.45) is 0 Å². The Hall–Kier alpha value is -3.21. The van der Waals surface area contributed by atoms with E-state index in [1.807, 2.05) is 53.4 Å². The number of aryl methyl sites for hydroxylation is 1. The van der Waals surface area contributed by atoms with Crippen molar-refractivity contribution in [2.75, 3.05) is 20.2 Å². The van der Waals surface area contributed by atoms with E-state index < -0.39 is 0 Å². The van der Waals surface area contributed by atoms with Gasteiger partial charge in [-0.15, -0.1) is 0 Å². The molecule has 160 valence electrons. The smallest absolute Gasteiger partial charge is 0.222 e. The van der Waals surface area contributed by atoms with E-state index in [4.69, 9.17) is 9.72 Å². The van der Waals surface area contributed by atoms with Crippen LogP contribution in [0.4, 0.5) is 4.39 Å². The van der Waals surface area contributed by atoms with Crippen LogP contribution in [-0.2, 0) is 11.2 Å². The molecule has 4 nitrogen and oxygen atoms in total. The maximum atomic E-state index is 14.2. The molecule has 3 aromatic rings. The minimum absolute atomic E-state index is 0.172. The second-order valence-electron chi connectivity index (χ2n) is 7.95. The highest BCUT2D eigenvalue weighted by molar-refractivity contribution is 5.76. The largest absolute Gasteiger partial charge is 0.497 e. The van der Waals surface area contributed by atoms with Gasteiger partial charge in [0.15, 0.2) is 0 Å². The Bertz CT molecular complexity index is 1040. The summed E-state index contributed by atoms with van der Waals surface area (Å²) in [4.78, 5) is 19.5. The lowest BCUT2D eigenvalue weighted by molar-refractivity contribution is -0.132. The van der Waals surface area contributed by atoms with Gasteiger partial charge in [0, 0.05) is 36.7 Å². The summed E-state index contributed by atoms with van der Waals surface area (Å²) in [6.07, 6.45) is 3.13. The quantitative estimate of drug-likeness (QED) is 0.550. The number of piperidine rings is 1. The fourth-order valence-electron chi connectivity index (χ4n) is 4.14. The van der Waals surface area contributed by atoms with Crippen LogP contribution in [-0.4, -0.2) is 36.0 Å². The maximum absolute atomic E-state index is 14.2. The average Bonchev–Trinajstić information content (AvgIpc) is 2.83. The second-order valence-corrected chi connectivity index (χ2v) is 7.95. The SMILES string of the molecule is COc1ccc(CCC(=O)N2CCC[C@@H](c3cccc(-c4ccccc4F)n3)C2)cc1. The van der Waals surface area contributed by atoms with Crippen molar-refractivity contribution < 1.29 is 13.9 Å². The first kappa shape index (κ1) is 21.0. The van der Waals surface area contributed by atoms with Crippen LogP contribution in [0, 0.1) is 5.82 Å². The van der Waals surface area contributed by atoms with Gasteiger partial charge >= 0.3 is 0 Å². The lowest BCUT2D eigenvalue weighted by atomic mass is 9.93. The van der Waals surface area contributed by atoms with Gasteiger partial charge < -0.3 is 9.64 Å². The number of benzene rings is 2. The number of amides is 1. The summed E-state index contributed by atoms with van der Waals surface area (Å²) in [6, 6.07) is 20.3. The minimum atomic E-state index is -0.272. The minimum Gasteiger partial charge on any atom is -0.497 e. The number of carbonyl (C=O) groups is 1. The molecule has 1 fully saturated rings. The molecule has 1 aromatic heterocycles. The van der Waals surface area contributed by atoms with Crippen LogP contribution < -0.4 is 4.74 Å². The molecule has 1 aliphatic rings. The summed E-state index contributed by atoms with van der Waals surface area (Å²) < 4.78 is 19.4. The third-order valence-electron chi connectivity index (χ3n) is 5.90. The number of ether oxygens (including phenoxy) is 1. The molecule has 0 saturated carbocycles. The van der Waals surface area contributed by atoms with Crippen molar-refractivity contribution in [3.8, 4) is 17.0 Å². The number of halogens is 1. The van der Waals surface area contributed by atoms with Crippen LogP contribution in [0.25, 0.3) is 11.3 Å². The van der Waals surface area contributed by atoms with Gasteiger partial charge in [-0.25, -0.2) is 4.39 Å². The zero-order chi connectivity index (χ0) is 21.6.